The first-order valence-electron chi connectivity index (χ1n) is 6.77. The van der Waals surface area contributed by atoms with E-state index in [-0.39, 0.29) is 36.7 Å². The molecule has 5 heteroatoms. The molecule has 2 unspecified atom stereocenters. The maximum atomic E-state index is 13.6. The van der Waals surface area contributed by atoms with Crippen molar-refractivity contribution in [3.8, 4) is 11.8 Å². The average molecular weight is 288 g/mol. The van der Waals surface area contributed by atoms with Crippen LogP contribution in [0.15, 0.2) is 18.2 Å². The molecule has 21 heavy (non-hydrogen) atoms. The Kier molecular flexibility index (Phi) is 4.39. The second kappa shape index (κ2) is 6.06. The number of hydrogen-bond acceptors (Lipinski definition) is 3. The first kappa shape index (κ1) is 15.2. The van der Waals surface area contributed by atoms with Gasteiger partial charge in [-0.15, -0.1) is 0 Å². The predicted octanol–water partition coefficient (Wildman–Crippen LogP) is 1.28. The highest BCUT2D eigenvalue weighted by atomic mass is 19.1. The van der Waals surface area contributed by atoms with E-state index in [0.29, 0.717) is 11.1 Å². The maximum absolute atomic E-state index is 13.6. The zero-order valence-electron chi connectivity index (χ0n) is 12.0. The van der Waals surface area contributed by atoms with Gasteiger partial charge in [-0.05, 0) is 23.8 Å². The van der Waals surface area contributed by atoms with Gasteiger partial charge in [0.2, 0.25) is 11.8 Å². The van der Waals surface area contributed by atoms with Crippen LogP contribution in [0.2, 0.25) is 0 Å². The molecule has 1 saturated heterocycles. The summed E-state index contributed by atoms with van der Waals surface area (Å²) in [7, 11) is 0. The summed E-state index contributed by atoms with van der Waals surface area (Å²) in [5, 5.41) is 0. The van der Waals surface area contributed by atoms with E-state index in [0.717, 1.165) is 0 Å². The van der Waals surface area contributed by atoms with Crippen LogP contribution < -0.4 is 5.73 Å². The molecule has 1 aliphatic rings. The third-order valence-electron chi connectivity index (χ3n) is 3.69. The van der Waals surface area contributed by atoms with E-state index >= 15 is 0 Å². The van der Waals surface area contributed by atoms with Crippen LogP contribution in [-0.4, -0.2) is 23.3 Å². The van der Waals surface area contributed by atoms with Gasteiger partial charge in [-0.2, -0.15) is 0 Å². The van der Waals surface area contributed by atoms with Gasteiger partial charge in [0, 0.05) is 17.4 Å². The molecule has 0 spiro atoms. The highest BCUT2D eigenvalue weighted by molar-refractivity contribution is 6.04. The Labute approximate surface area is 123 Å². The number of halogens is 1. The fraction of sp³-hybridized carbons (Fsp3) is 0.375. The van der Waals surface area contributed by atoms with Crippen LogP contribution in [0, 0.1) is 29.5 Å². The smallest absolute Gasteiger partial charge is 0.233 e. The topological polar surface area (TPSA) is 63.4 Å². The van der Waals surface area contributed by atoms with Crippen molar-refractivity contribution < 1.29 is 14.0 Å². The molecular weight excluding hydrogens is 271 g/mol. The fourth-order valence-corrected chi connectivity index (χ4v) is 2.33. The number of carbonyl (C=O) groups excluding carboxylic acids is 2. The van der Waals surface area contributed by atoms with Crippen molar-refractivity contribution in [2.24, 2.45) is 17.6 Å². The van der Waals surface area contributed by atoms with Crippen molar-refractivity contribution in [1.29, 1.82) is 0 Å². The Balaban J connectivity index is 2.26. The van der Waals surface area contributed by atoms with Crippen molar-refractivity contribution in [3.63, 3.8) is 0 Å². The third-order valence-corrected chi connectivity index (χ3v) is 3.69. The predicted molar refractivity (Wildman–Crippen MR) is 76.2 cm³/mol. The van der Waals surface area contributed by atoms with Gasteiger partial charge in [-0.25, -0.2) is 4.39 Å². The Morgan fingerprint density at radius 2 is 1.81 bits per heavy atom. The van der Waals surface area contributed by atoms with E-state index in [1.54, 1.807) is 19.9 Å². The summed E-state index contributed by atoms with van der Waals surface area (Å²) in [6.07, 6.45) is 0. The highest BCUT2D eigenvalue weighted by Gasteiger charge is 2.41. The van der Waals surface area contributed by atoms with Crippen molar-refractivity contribution in [2.75, 3.05) is 6.54 Å². The number of benzene rings is 1. The van der Waals surface area contributed by atoms with Crippen LogP contribution in [0.25, 0.3) is 0 Å². The minimum Gasteiger partial charge on any atom is -0.320 e. The molecule has 2 N–H and O–H groups in total. The molecule has 1 heterocycles. The van der Waals surface area contributed by atoms with E-state index < -0.39 is 5.82 Å². The second-order valence-electron chi connectivity index (χ2n) is 5.19. The molecule has 1 aromatic carbocycles. The third kappa shape index (κ3) is 3.11. The zero-order chi connectivity index (χ0) is 15.6. The maximum Gasteiger partial charge on any atom is 0.233 e. The van der Waals surface area contributed by atoms with Crippen molar-refractivity contribution in [2.45, 2.75) is 20.4 Å². The first-order valence-corrected chi connectivity index (χ1v) is 6.77. The van der Waals surface area contributed by atoms with Crippen LogP contribution in [0.4, 0.5) is 4.39 Å². The van der Waals surface area contributed by atoms with Crippen LogP contribution >= 0.6 is 0 Å². The first-order chi connectivity index (χ1) is 9.93. The van der Waals surface area contributed by atoms with E-state index in [9.17, 15) is 14.0 Å². The lowest BCUT2D eigenvalue weighted by atomic mass is 10.00. The Morgan fingerprint density at radius 3 is 2.38 bits per heavy atom. The van der Waals surface area contributed by atoms with Crippen LogP contribution in [0.5, 0.6) is 0 Å². The Morgan fingerprint density at radius 1 is 1.19 bits per heavy atom. The summed E-state index contributed by atoms with van der Waals surface area (Å²) in [5.74, 6) is 3.85. The fourth-order valence-electron chi connectivity index (χ4n) is 2.33. The van der Waals surface area contributed by atoms with E-state index in [4.69, 9.17) is 5.73 Å². The van der Waals surface area contributed by atoms with Gasteiger partial charge in [0.1, 0.15) is 5.82 Å². The van der Waals surface area contributed by atoms with Gasteiger partial charge in [-0.1, -0.05) is 25.7 Å². The van der Waals surface area contributed by atoms with Crippen LogP contribution in [0.3, 0.4) is 0 Å². The monoisotopic (exact) mass is 288 g/mol. The van der Waals surface area contributed by atoms with E-state index in [1.807, 2.05) is 0 Å². The molecule has 0 saturated carbocycles. The van der Waals surface area contributed by atoms with Crippen LogP contribution in [-0.2, 0) is 16.1 Å². The summed E-state index contributed by atoms with van der Waals surface area (Å²) < 4.78 is 13.6. The number of nitrogens with zero attached hydrogens (tertiary/aromatic N) is 1. The van der Waals surface area contributed by atoms with Gasteiger partial charge in [0.25, 0.3) is 0 Å². The molecule has 1 aromatic rings. The van der Waals surface area contributed by atoms with E-state index in [1.165, 1.54) is 17.0 Å². The largest absolute Gasteiger partial charge is 0.320 e. The quantitative estimate of drug-likeness (QED) is 0.658. The van der Waals surface area contributed by atoms with Crippen molar-refractivity contribution >= 4 is 11.8 Å². The highest BCUT2D eigenvalue weighted by Crippen LogP contribution is 2.27. The molecule has 0 aromatic heterocycles. The lowest BCUT2D eigenvalue weighted by Gasteiger charge is -2.15. The number of amides is 2. The molecule has 1 fully saturated rings. The Bertz CT molecular complexity index is 625. The molecule has 110 valence electrons. The number of likely N-dealkylation sites (tertiary alicyclic amines) is 1. The number of imide groups is 1. The second-order valence-corrected chi connectivity index (χ2v) is 5.19. The summed E-state index contributed by atoms with van der Waals surface area (Å²) in [5.41, 5.74) is 6.31. The molecule has 2 amide bonds. The molecule has 0 radical (unpaired) electrons. The lowest BCUT2D eigenvalue weighted by molar-refractivity contribution is -0.140. The number of nitrogens with two attached hydrogens (primary N) is 1. The van der Waals surface area contributed by atoms with Gasteiger partial charge in [0.05, 0.1) is 13.1 Å². The summed E-state index contributed by atoms with van der Waals surface area (Å²) in [6.45, 7) is 3.72. The SMILES string of the molecule is CC1C(=O)N(Cc2cc(F)cc(C#CCN)c2)C(=O)C1C. The minimum atomic E-state index is -0.450. The number of carbonyl (C=O) groups is 2. The molecule has 1 aliphatic heterocycles. The minimum absolute atomic E-state index is 0.0708. The summed E-state index contributed by atoms with van der Waals surface area (Å²) in [6, 6.07) is 4.27. The summed E-state index contributed by atoms with van der Waals surface area (Å²) in [4.78, 5) is 25.3. The molecule has 0 aliphatic carbocycles. The van der Waals surface area contributed by atoms with E-state index in [2.05, 4.69) is 11.8 Å². The molecule has 0 bridgehead atoms. The van der Waals surface area contributed by atoms with Crippen LogP contribution in [0.1, 0.15) is 25.0 Å². The Hall–Kier alpha value is -2.19. The van der Waals surface area contributed by atoms with Crippen molar-refractivity contribution in [3.05, 3.63) is 35.1 Å². The van der Waals surface area contributed by atoms with Gasteiger partial charge < -0.3 is 5.73 Å². The lowest BCUT2D eigenvalue weighted by Crippen LogP contribution is -2.30. The average Bonchev–Trinajstić information content (AvgIpc) is 2.62. The zero-order valence-corrected chi connectivity index (χ0v) is 12.0. The molecule has 2 atom stereocenters. The number of rotatable bonds is 2. The molecule has 4 nitrogen and oxygen atoms in total. The normalized spacial score (nSPS) is 21.4. The summed E-state index contributed by atoms with van der Waals surface area (Å²) >= 11 is 0. The van der Waals surface area contributed by atoms with Gasteiger partial charge in [0.15, 0.2) is 0 Å². The van der Waals surface area contributed by atoms with Gasteiger partial charge >= 0.3 is 0 Å². The standard InChI is InChI=1S/C16H17FN2O2/c1-10-11(2)16(21)19(15(10)20)9-13-6-12(4-3-5-18)7-14(17)8-13/h6-8,10-11H,5,9,18H2,1-2H3. The van der Waals surface area contributed by atoms with Crippen molar-refractivity contribution in [1.82, 2.24) is 4.90 Å². The number of hydrogen-bond donors (Lipinski definition) is 1. The molecule has 2 rings (SSSR count). The molecular formula is C16H17FN2O2. The van der Waals surface area contributed by atoms with Gasteiger partial charge in [-0.3, -0.25) is 14.5 Å².